The van der Waals surface area contributed by atoms with E-state index in [-0.39, 0.29) is 57.2 Å². The Morgan fingerprint density at radius 1 is 1.02 bits per heavy atom. The normalized spacial score (nSPS) is 43.3. The Kier molecular flexibility index (Phi) is 5.86. The van der Waals surface area contributed by atoms with Crippen molar-refractivity contribution < 1.29 is 14.1 Å². The summed E-state index contributed by atoms with van der Waals surface area (Å²) in [5.74, 6) is 2.52. The molecule has 0 spiro atoms. The molecule has 6 nitrogen and oxygen atoms in total. The number of hydrogen-bond donors (Lipinski definition) is 0. The fourth-order valence-corrected chi connectivity index (χ4v) is 10.8. The number of aryl methyl sites for hydroxylation is 1. The first-order valence-corrected chi connectivity index (χ1v) is 15.4. The Labute approximate surface area is 239 Å². The maximum Gasteiger partial charge on any atom is 0.230 e. The van der Waals surface area contributed by atoms with Gasteiger partial charge in [0.25, 0.3) is 0 Å². The molecule has 3 saturated carbocycles. The SMILES string of the molecule is [C-]#[N+]C1=C[C@]2(C)C3=CC(=O)[C@@H]4[C@@H]5CC(C)(C)C[C@@H](c6nc(CC)no6)C5CC[C@@]4(C)[C@]3(C)CC[C@H]2C(C)(C)C1=O. The van der Waals surface area contributed by atoms with Gasteiger partial charge in [0.05, 0.1) is 6.57 Å². The van der Waals surface area contributed by atoms with Crippen LogP contribution in [0.4, 0.5) is 0 Å². The quantitative estimate of drug-likeness (QED) is 0.360. The number of Topliss-reactive ketones (excluding diaryl/α,β-unsaturated/α-hetero) is 1. The molecular formula is C34H45N3O3. The second-order valence-corrected chi connectivity index (χ2v) is 15.7. The highest BCUT2D eigenvalue weighted by Crippen LogP contribution is 2.73. The van der Waals surface area contributed by atoms with Gasteiger partial charge in [-0.05, 0) is 78.6 Å². The van der Waals surface area contributed by atoms with Crippen LogP contribution < -0.4 is 0 Å². The van der Waals surface area contributed by atoms with E-state index in [1.54, 1.807) is 0 Å². The van der Waals surface area contributed by atoms with E-state index < -0.39 is 10.8 Å². The third kappa shape index (κ3) is 3.45. The Morgan fingerprint density at radius 2 is 1.75 bits per heavy atom. The van der Waals surface area contributed by atoms with E-state index in [1.807, 2.05) is 26.0 Å². The second-order valence-electron chi connectivity index (χ2n) is 15.7. The van der Waals surface area contributed by atoms with Crippen molar-refractivity contribution in [2.24, 2.45) is 50.7 Å². The van der Waals surface area contributed by atoms with Crippen LogP contribution in [0.15, 0.2) is 27.9 Å². The Hall–Kier alpha value is -2.55. The molecule has 5 aliphatic carbocycles. The van der Waals surface area contributed by atoms with E-state index in [0.717, 1.165) is 62.2 Å². The predicted octanol–water partition coefficient (Wildman–Crippen LogP) is 7.53. The highest BCUT2D eigenvalue weighted by atomic mass is 16.5. The smallest absolute Gasteiger partial charge is 0.230 e. The van der Waals surface area contributed by atoms with Gasteiger partial charge in [-0.15, -0.1) is 0 Å². The van der Waals surface area contributed by atoms with Gasteiger partial charge in [-0.2, -0.15) is 4.98 Å². The van der Waals surface area contributed by atoms with Crippen molar-refractivity contribution in [1.82, 2.24) is 10.1 Å². The van der Waals surface area contributed by atoms with Crippen LogP contribution in [0, 0.1) is 57.3 Å². The van der Waals surface area contributed by atoms with Gasteiger partial charge in [-0.1, -0.05) is 72.2 Å². The first-order valence-electron chi connectivity index (χ1n) is 15.4. The Bertz CT molecular complexity index is 1390. The van der Waals surface area contributed by atoms with E-state index in [4.69, 9.17) is 16.1 Å². The largest absolute Gasteiger partial charge is 0.339 e. The topological polar surface area (TPSA) is 77.4 Å². The zero-order valence-corrected chi connectivity index (χ0v) is 25.6. The lowest BCUT2D eigenvalue weighted by atomic mass is 9.35. The van der Waals surface area contributed by atoms with Crippen molar-refractivity contribution in [2.75, 3.05) is 0 Å². The fourth-order valence-electron chi connectivity index (χ4n) is 10.8. The molecule has 3 fully saturated rings. The zero-order chi connectivity index (χ0) is 29.0. The van der Waals surface area contributed by atoms with Crippen LogP contribution in [-0.2, 0) is 16.0 Å². The molecule has 6 rings (SSSR count). The molecule has 0 aromatic carbocycles. The number of nitrogens with zero attached hydrogens (tertiary/aromatic N) is 3. The number of ketones is 2. The molecule has 0 aliphatic heterocycles. The molecule has 214 valence electrons. The summed E-state index contributed by atoms with van der Waals surface area (Å²) in [5.41, 5.74) is -0.0235. The van der Waals surface area contributed by atoms with E-state index in [9.17, 15) is 9.59 Å². The molecule has 0 bridgehead atoms. The third-order valence-corrected chi connectivity index (χ3v) is 12.8. The van der Waals surface area contributed by atoms with Gasteiger partial charge in [0.1, 0.15) is 0 Å². The lowest BCUT2D eigenvalue weighted by Crippen LogP contribution is -2.63. The number of carbonyl (C=O) groups excluding carboxylic acids is 2. The highest BCUT2D eigenvalue weighted by molar-refractivity contribution is 6.03. The van der Waals surface area contributed by atoms with Gasteiger partial charge < -0.3 is 9.32 Å². The van der Waals surface area contributed by atoms with Gasteiger partial charge in [0.15, 0.2) is 17.4 Å². The second kappa shape index (κ2) is 8.49. The molecule has 1 aromatic heterocycles. The molecule has 5 aliphatic rings. The standard InChI is InChI=1S/C34H45N3O3/c1-10-26-36-29(40-37-26)21-17-30(2,3)16-20-19(21)11-13-34(8)27(20)23(38)15-25-32(6)18-22(35-9)28(39)31(4,5)24(32)12-14-33(25,34)7/h15,18-21,24,27H,10-14,16-17H2,1-8H3/t19?,20-,21-,24+,27+,32+,33-,34-/m1/s1. The first kappa shape index (κ1) is 27.6. The fraction of sp³-hybridized carbons (Fsp3) is 0.735. The minimum atomic E-state index is -0.633. The van der Waals surface area contributed by atoms with E-state index >= 15 is 0 Å². The van der Waals surface area contributed by atoms with Crippen molar-refractivity contribution in [1.29, 1.82) is 0 Å². The summed E-state index contributed by atoms with van der Waals surface area (Å²) in [5, 5.41) is 4.23. The summed E-state index contributed by atoms with van der Waals surface area (Å²) >= 11 is 0. The van der Waals surface area contributed by atoms with Crippen LogP contribution in [0.3, 0.4) is 0 Å². The lowest BCUT2D eigenvalue weighted by molar-refractivity contribution is -0.157. The number of hydrogen-bond acceptors (Lipinski definition) is 5. The molecule has 0 N–H and O–H groups in total. The molecule has 6 heteroatoms. The number of fused-ring (bicyclic) bond motifs is 7. The number of rotatable bonds is 2. The monoisotopic (exact) mass is 543 g/mol. The van der Waals surface area contributed by atoms with Gasteiger partial charge in [0, 0.05) is 29.1 Å². The van der Waals surface area contributed by atoms with Crippen molar-refractivity contribution in [3.63, 3.8) is 0 Å². The van der Waals surface area contributed by atoms with Crippen LogP contribution in [0.25, 0.3) is 4.85 Å². The lowest BCUT2D eigenvalue weighted by Gasteiger charge is -2.68. The summed E-state index contributed by atoms with van der Waals surface area (Å²) in [6.07, 6.45) is 10.6. The van der Waals surface area contributed by atoms with E-state index in [1.165, 1.54) is 0 Å². The third-order valence-electron chi connectivity index (χ3n) is 12.8. The molecule has 1 unspecified atom stereocenters. The molecule has 1 heterocycles. The van der Waals surface area contributed by atoms with Gasteiger partial charge >= 0.3 is 0 Å². The minimum Gasteiger partial charge on any atom is -0.339 e. The van der Waals surface area contributed by atoms with Crippen LogP contribution >= 0.6 is 0 Å². The van der Waals surface area contributed by atoms with Crippen molar-refractivity contribution >= 4 is 11.6 Å². The summed E-state index contributed by atoms with van der Waals surface area (Å²) in [4.78, 5) is 36.2. The zero-order valence-electron chi connectivity index (χ0n) is 25.6. The highest BCUT2D eigenvalue weighted by Gasteiger charge is 2.68. The first-order chi connectivity index (χ1) is 18.6. The van der Waals surface area contributed by atoms with Crippen LogP contribution in [0.5, 0.6) is 0 Å². The maximum absolute atomic E-state index is 14.5. The van der Waals surface area contributed by atoms with Crippen molar-refractivity contribution in [3.8, 4) is 0 Å². The van der Waals surface area contributed by atoms with Crippen LogP contribution in [-0.4, -0.2) is 21.7 Å². The average molecular weight is 544 g/mol. The molecule has 40 heavy (non-hydrogen) atoms. The molecule has 0 amide bonds. The van der Waals surface area contributed by atoms with Gasteiger partial charge in [-0.3, -0.25) is 4.79 Å². The molecule has 0 radical (unpaired) electrons. The number of aromatic nitrogens is 2. The average Bonchev–Trinajstić information content (AvgIpc) is 3.36. The van der Waals surface area contributed by atoms with Crippen molar-refractivity contribution in [3.05, 3.63) is 46.6 Å². The molecule has 1 aromatic rings. The maximum atomic E-state index is 14.5. The summed E-state index contributed by atoms with van der Waals surface area (Å²) in [6.45, 7) is 25.5. The minimum absolute atomic E-state index is 0.0522. The van der Waals surface area contributed by atoms with Crippen LogP contribution in [0.1, 0.15) is 112 Å². The Balaban J connectivity index is 1.47. The summed E-state index contributed by atoms with van der Waals surface area (Å²) in [6, 6.07) is 0. The summed E-state index contributed by atoms with van der Waals surface area (Å²) < 4.78 is 5.84. The Morgan fingerprint density at radius 3 is 2.40 bits per heavy atom. The van der Waals surface area contributed by atoms with Crippen LogP contribution in [0.2, 0.25) is 0 Å². The van der Waals surface area contributed by atoms with Crippen molar-refractivity contribution in [2.45, 2.75) is 106 Å². The number of allylic oxidation sites excluding steroid dienone is 4. The van der Waals surface area contributed by atoms with E-state index in [0.29, 0.717) is 5.92 Å². The molecule has 8 atom stereocenters. The van der Waals surface area contributed by atoms with E-state index in [2.05, 4.69) is 51.5 Å². The van der Waals surface area contributed by atoms with Gasteiger partial charge in [-0.25, -0.2) is 4.85 Å². The predicted molar refractivity (Wildman–Crippen MR) is 153 cm³/mol. The molecular weight excluding hydrogens is 498 g/mol. The number of carbonyl (C=O) groups is 2. The van der Waals surface area contributed by atoms with Gasteiger partial charge in [0.2, 0.25) is 11.6 Å². The molecule has 0 saturated heterocycles. The summed E-state index contributed by atoms with van der Waals surface area (Å²) in [7, 11) is 0.